The number of nitrogens with two attached hydrogens (primary N) is 1. The van der Waals surface area contributed by atoms with Gasteiger partial charge in [-0.05, 0) is 60.2 Å². The number of nitrogens with zero attached hydrogens (tertiary/aromatic N) is 2. The van der Waals surface area contributed by atoms with Crippen LogP contribution in [0.25, 0.3) is 16.5 Å². The minimum absolute atomic E-state index is 0.252. The van der Waals surface area contributed by atoms with Crippen molar-refractivity contribution in [2.24, 2.45) is 0 Å². The maximum absolute atomic E-state index is 13.4. The number of fused-ring (bicyclic) bond motifs is 2. The van der Waals surface area contributed by atoms with Crippen LogP contribution in [-0.4, -0.2) is 23.9 Å². The number of ether oxygens (including phenoxy) is 1. The van der Waals surface area contributed by atoms with E-state index >= 15 is 0 Å². The van der Waals surface area contributed by atoms with Crippen LogP contribution in [0.5, 0.6) is 5.75 Å². The predicted molar refractivity (Wildman–Crippen MR) is 133 cm³/mol. The molecular formula is C27H22N4O3. The summed E-state index contributed by atoms with van der Waals surface area (Å²) in [6, 6.07) is 22.0. The lowest BCUT2D eigenvalue weighted by atomic mass is 10.1. The van der Waals surface area contributed by atoms with Crippen LogP contribution in [0.1, 0.15) is 11.1 Å². The lowest BCUT2D eigenvalue weighted by Gasteiger charge is -2.17. The molecule has 2 amide bonds. The molecule has 3 N–H and O–H groups in total. The second-order valence-electron chi connectivity index (χ2n) is 7.97. The summed E-state index contributed by atoms with van der Waals surface area (Å²) in [6.45, 7) is 0.356. The molecule has 7 nitrogen and oxygen atoms in total. The van der Waals surface area contributed by atoms with Crippen molar-refractivity contribution >= 4 is 45.4 Å². The number of aromatic nitrogens is 1. The summed E-state index contributed by atoms with van der Waals surface area (Å²) in [4.78, 5) is 32.2. The fourth-order valence-electron chi connectivity index (χ4n) is 4.03. The number of carbonyl (C=O) groups is 2. The van der Waals surface area contributed by atoms with Crippen LogP contribution in [0.15, 0.2) is 85.1 Å². The van der Waals surface area contributed by atoms with Crippen molar-refractivity contribution in [2.75, 3.05) is 23.1 Å². The Bertz CT molecular complexity index is 1440. The van der Waals surface area contributed by atoms with E-state index in [1.54, 1.807) is 48.5 Å². The SMILES string of the molecule is COc1ccc2c(c1)/C(=C\C(=O)Nc1ccc3ncccc3c1)C(=O)N2Cc1ccc(N)cc1. The van der Waals surface area contributed by atoms with Crippen LogP contribution in [0.3, 0.4) is 0 Å². The predicted octanol–water partition coefficient (Wildman–Crippen LogP) is 4.39. The van der Waals surface area contributed by atoms with Gasteiger partial charge in [0.2, 0.25) is 5.91 Å². The number of pyridine rings is 1. The summed E-state index contributed by atoms with van der Waals surface area (Å²) in [6.07, 6.45) is 3.07. The largest absolute Gasteiger partial charge is 0.497 e. The Labute approximate surface area is 196 Å². The molecule has 0 aliphatic carbocycles. The highest BCUT2D eigenvalue weighted by Gasteiger charge is 2.33. The van der Waals surface area contributed by atoms with E-state index in [1.807, 2.05) is 42.5 Å². The maximum Gasteiger partial charge on any atom is 0.259 e. The molecule has 0 saturated heterocycles. The van der Waals surface area contributed by atoms with Crippen LogP contribution in [0, 0.1) is 0 Å². The number of hydrogen-bond donors (Lipinski definition) is 2. The van der Waals surface area contributed by atoms with Gasteiger partial charge in [-0.3, -0.25) is 14.6 Å². The molecule has 0 unspecified atom stereocenters. The van der Waals surface area contributed by atoms with Crippen LogP contribution >= 0.6 is 0 Å². The molecule has 0 saturated carbocycles. The number of hydrogen-bond acceptors (Lipinski definition) is 5. The first-order chi connectivity index (χ1) is 16.5. The molecule has 1 aliphatic rings. The Hall–Kier alpha value is -4.65. The third kappa shape index (κ3) is 4.06. The van der Waals surface area contributed by atoms with E-state index < -0.39 is 5.91 Å². The Morgan fingerprint density at radius 3 is 2.71 bits per heavy atom. The Morgan fingerprint density at radius 1 is 1.09 bits per heavy atom. The molecule has 4 aromatic rings. The molecule has 1 aromatic heterocycles. The van der Waals surface area contributed by atoms with Crippen LogP contribution in [0.2, 0.25) is 0 Å². The Kier molecular flexibility index (Phi) is 5.43. The zero-order valence-corrected chi connectivity index (χ0v) is 18.5. The van der Waals surface area contributed by atoms with Gasteiger partial charge in [-0.1, -0.05) is 18.2 Å². The second-order valence-corrected chi connectivity index (χ2v) is 7.97. The molecule has 0 radical (unpaired) electrons. The molecule has 0 bridgehead atoms. The minimum atomic E-state index is -0.394. The fourth-order valence-corrected chi connectivity index (χ4v) is 4.03. The number of nitrogen functional groups attached to an aromatic ring is 1. The monoisotopic (exact) mass is 450 g/mol. The zero-order chi connectivity index (χ0) is 23.7. The first kappa shape index (κ1) is 21.2. The standard InChI is InChI=1S/C27H22N4O3/c1-34-21-9-11-25-22(14-21)23(27(33)31(25)16-17-4-6-19(28)7-5-17)15-26(32)30-20-8-10-24-18(13-20)3-2-12-29-24/h2-15H,16,28H2,1H3,(H,30,32)/b23-15+. The summed E-state index contributed by atoms with van der Waals surface area (Å²) < 4.78 is 5.35. The van der Waals surface area contributed by atoms with Crippen molar-refractivity contribution in [2.45, 2.75) is 6.54 Å². The number of benzene rings is 3. The lowest BCUT2D eigenvalue weighted by Crippen LogP contribution is -2.26. The molecule has 1 aliphatic heterocycles. The van der Waals surface area contributed by atoms with Crippen molar-refractivity contribution in [1.29, 1.82) is 0 Å². The average molecular weight is 450 g/mol. The van der Waals surface area contributed by atoms with Gasteiger partial charge in [0.1, 0.15) is 5.75 Å². The van der Waals surface area contributed by atoms with E-state index in [4.69, 9.17) is 10.5 Å². The van der Waals surface area contributed by atoms with E-state index in [0.717, 1.165) is 22.2 Å². The quantitative estimate of drug-likeness (QED) is 0.347. The van der Waals surface area contributed by atoms with Gasteiger partial charge in [0.05, 0.1) is 30.4 Å². The van der Waals surface area contributed by atoms with E-state index in [9.17, 15) is 9.59 Å². The molecule has 168 valence electrons. The molecular weight excluding hydrogens is 428 g/mol. The minimum Gasteiger partial charge on any atom is -0.497 e. The van der Waals surface area contributed by atoms with Crippen molar-refractivity contribution in [3.8, 4) is 5.75 Å². The molecule has 7 heteroatoms. The summed E-state index contributed by atoms with van der Waals surface area (Å²) in [7, 11) is 1.56. The van der Waals surface area contributed by atoms with Gasteiger partial charge in [0.15, 0.2) is 0 Å². The molecule has 3 aromatic carbocycles. The van der Waals surface area contributed by atoms with Crippen molar-refractivity contribution in [1.82, 2.24) is 4.98 Å². The number of rotatable bonds is 5. The maximum atomic E-state index is 13.4. The zero-order valence-electron chi connectivity index (χ0n) is 18.5. The second kappa shape index (κ2) is 8.71. The van der Waals surface area contributed by atoms with Crippen LogP contribution < -0.4 is 20.7 Å². The highest BCUT2D eigenvalue weighted by atomic mass is 16.5. The van der Waals surface area contributed by atoms with Gasteiger partial charge < -0.3 is 20.7 Å². The first-order valence-corrected chi connectivity index (χ1v) is 10.7. The van der Waals surface area contributed by atoms with E-state index in [-0.39, 0.29) is 5.91 Å². The summed E-state index contributed by atoms with van der Waals surface area (Å²) >= 11 is 0. The van der Waals surface area contributed by atoms with Crippen molar-refractivity contribution < 1.29 is 14.3 Å². The van der Waals surface area contributed by atoms with Gasteiger partial charge in [0, 0.05) is 34.6 Å². The number of carbonyl (C=O) groups excluding carboxylic acids is 2. The van der Waals surface area contributed by atoms with E-state index in [1.165, 1.54) is 6.08 Å². The summed E-state index contributed by atoms with van der Waals surface area (Å²) in [5.74, 6) is -0.0399. The van der Waals surface area contributed by atoms with E-state index in [2.05, 4.69) is 10.3 Å². The smallest absolute Gasteiger partial charge is 0.259 e. The number of amides is 2. The number of methoxy groups -OCH3 is 1. The van der Waals surface area contributed by atoms with Crippen molar-refractivity contribution in [3.05, 3.63) is 96.2 Å². The molecule has 0 atom stereocenters. The van der Waals surface area contributed by atoms with Crippen molar-refractivity contribution in [3.63, 3.8) is 0 Å². The summed E-state index contributed by atoms with van der Waals surface area (Å²) in [5, 5.41) is 3.76. The Balaban J connectivity index is 1.46. The van der Waals surface area contributed by atoms with Gasteiger partial charge in [-0.25, -0.2) is 0 Å². The highest BCUT2D eigenvalue weighted by Crippen LogP contribution is 2.40. The molecule has 0 spiro atoms. The van der Waals surface area contributed by atoms with Crippen LogP contribution in [-0.2, 0) is 16.1 Å². The molecule has 34 heavy (non-hydrogen) atoms. The molecule has 5 rings (SSSR count). The lowest BCUT2D eigenvalue weighted by molar-refractivity contribution is -0.114. The first-order valence-electron chi connectivity index (χ1n) is 10.7. The molecule has 0 fully saturated rings. The topological polar surface area (TPSA) is 97.5 Å². The fraction of sp³-hybridized carbons (Fsp3) is 0.0741. The summed E-state index contributed by atoms with van der Waals surface area (Å²) in [5.41, 5.74) is 10.5. The third-order valence-electron chi connectivity index (χ3n) is 5.73. The van der Waals surface area contributed by atoms with Gasteiger partial charge >= 0.3 is 0 Å². The number of nitrogens with one attached hydrogen (secondary N) is 1. The van der Waals surface area contributed by atoms with Gasteiger partial charge in [-0.15, -0.1) is 0 Å². The van der Waals surface area contributed by atoms with Gasteiger partial charge in [-0.2, -0.15) is 0 Å². The molecule has 2 heterocycles. The Morgan fingerprint density at radius 2 is 1.91 bits per heavy atom. The van der Waals surface area contributed by atoms with Crippen LogP contribution in [0.4, 0.5) is 17.1 Å². The third-order valence-corrected chi connectivity index (χ3v) is 5.73. The average Bonchev–Trinajstić information content (AvgIpc) is 3.10. The normalized spacial score (nSPS) is 13.9. The number of anilines is 3. The van der Waals surface area contributed by atoms with Gasteiger partial charge in [0.25, 0.3) is 5.91 Å². The van der Waals surface area contributed by atoms with E-state index in [0.29, 0.717) is 34.8 Å². The highest BCUT2D eigenvalue weighted by molar-refractivity contribution is 6.35.